The number of carbonyl (C=O) groups excluding carboxylic acids is 1. The second-order valence-electron chi connectivity index (χ2n) is 5.84. The van der Waals surface area contributed by atoms with Crippen molar-refractivity contribution in [1.29, 1.82) is 0 Å². The first-order chi connectivity index (χ1) is 11.8. The first-order valence-electron chi connectivity index (χ1n) is 8.29. The molecule has 5 heteroatoms. The predicted molar refractivity (Wildman–Crippen MR) is 97.4 cm³/mol. The van der Waals surface area contributed by atoms with Gasteiger partial charge in [-0.2, -0.15) is 0 Å². The Balaban J connectivity index is 1.62. The molecule has 0 N–H and O–H groups in total. The van der Waals surface area contributed by atoms with Crippen molar-refractivity contribution in [2.75, 3.05) is 18.1 Å². The van der Waals surface area contributed by atoms with Crippen LogP contribution in [0.15, 0.2) is 43.0 Å². The number of nitrogens with zero attached hydrogens (tertiary/aromatic N) is 2. The summed E-state index contributed by atoms with van der Waals surface area (Å²) in [7, 11) is 0. The topological polar surface area (TPSA) is 42.4 Å². The molecular weight excluding hydrogens is 320 g/mol. The number of rotatable bonds is 7. The number of ether oxygens (including phenoxy) is 1. The Bertz CT molecular complexity index is 673. The number of aromatic nitrogens is 1. The zero-order valence-electron chi connectivity index (χ0n) is 13.7. The lowest BCUT2D eigenvalue weighted by molar-refractivity contribution is -0.123. The Labute approximate surface area is 146 Å². The highest BCUT2D eigenvalue weighted by atomic mass is 32.1. The van der Waals surface area contributed by atoms with Crippen LogP contribution in [0.2, 0.25) is 0 Å². The highest BCUT2D eigenvalue weighted by molar-refractivity contribution is 7.16. The number of carbonyl (C=O) groups is 1. The summed E-state index contributed by atoms with van der Waals surface area (Å²) < 4.78 is 5.58. The molecule has 0 saturated carbocycles. The van der Waals surface area contributed by atoms with E-state index in [0.717, 1.165) is 29.2 Å². The standard InChI is InChI=1S/C19H22N2O2S/c1-2-12-21(19-20-16-10-6-7-11-17(16)24-19)18(22)14-23-13-15-8-4-3-5-9-15/h2-5,8-9H,1,6-7,10-14H2. The molecule has 0 aliphatic heterocycles. The van der Waals surface area contributed by atoms with Crippen LogP contribution < -0.4 is 4.90 Å². The maximum absolute atomic E-state index is 12.6. The van der Waals surface area contributed by atoms with E-state index in [9.17, 15) is 4.79 Å². The fraction of sp³-hybridized carbons (Fsp3) is 0.368. The molecule has 1 aliphatic rings. The molecule has 0 fully saturated rings. The highest BCUT2D eigenvalue weighted by Gasteiger charge is 2.22. The Morgan fingerprint density at radius 2 is 2.08 bits per heavy atom. The van der Waals surface area contributed by atoms with Gasteiger partial charge >= 0.3 is 0 Å². The third-order valence-corrected chi connectivity index (χ3v) is 5.20. The molecule has 24 heavy (non-hydrogen) atoms. The zero-order chi connectivity index (χ0) is 16.8. The van der Waals surface area contributed by atoms with Crippen LogP contribution in [0.3, 0.4) is 0 Å². The van der Waals surface area contributed by atoms with Crippen molar-refractivity contribution in [1.82, 2.24) is 4.98 Å². The van der Waals surface area contributed by atoms with Crippen molar-refractivity contribution in [3.05, 3.63) is 59.1 Å². The van der Waals surface area contributed by atoms with Gasteiger partial charge in [0.15, 0.2) is 5.13 Å². The molecule has 2 aromatic rings. The van der Waals surface area contributed by atoms with Crippen LogP contribution in [0.4, 0.5) is 5.13 Å². The van der Waals surface area contributed by atoms with Gasteiger partial charge in [-0.1, -0.05) is 36.4 Å². The SMILES string of the molecule is C=CCN(C(=O)COCc1ccccc1)c1nc2c(s1)CCCC2. The normalized spacial score (nSPS) is 13.3. The van der Waals surface area contributed by atoms with Gasteiger partial charge in [-0.05, 0) is 31.2 Å². The third kappa shape index (κ3) is 4.10. The van der Waals surface area contributed by atoms with Crippen molar-refractivity contribution in [2.45, 2.75) is 32.3 Å². The average molecular weight is 342 g/mol. The minimum Gasteiger partial charge on any atom is -0.367 e. The van der Waals surface area contributed by atoms with E-state index >= 15 is 0 Å². The van der Waals surface area contributed by atoms with Crippen LogP contribution in [-0.2, 0) is 29.0 Å². The zero-order valence-corrected chi connectivity index (χ0v) is 14.6. The van der Waals surface area contributed by atoms with Gasteiger partial charge in [0.2, 0.25) is 0 Å². The number of benzene rings is 1. The number of fused-ring (bicyclic) bond motifs is 1. The summed E-state index contributed by atoms with van der Waals surface area (Å²) >= 11 is 1.63. The lowest BCUT2D eigenvalue weighted by Crippen LogP contribution is -2.34. The van der Waals surface area contributed by atoms with Gasteiger partial charge in [-0.3, -0.25) is 9.69 Å². The van der Waals surface area contributed by atoms with Gasteiger partial charge in [0, 0.05) is 11.4 Å². The van der Waals surface area contributed by atoms with Crippen LogP contribution in [-0.4, -0.2) is 24.0 Å². The summed E-state index contributed by atoms with van der Waals surface area (Å²) in [5.41, 5.74) is 2.22. The lowest BCUT2D eigenvalue weighted by Gasteiger charge is -2.18. The number of hydrogen-bond donors (Lipinski definition) is 0. The molecule has 0 bridgehead atoms. The first-order valence-corrected chi connectivity index (χ1v) is 9.11. The van der Waals surface area contributed by atoms with Crippen molar-refractivity contribution in [3.63, 3.8) is 0 Å². The molecule has 1 amide bonds. The monoisotopic (exact) mass is 342 g/mol. The lowest BCUT2D eigenvalue weighted by atomic mass is 10.0. The average Bonchev–Trinajstić information content (AvgIpc) is 3.04. The number of amides is 1. The summed E-state index contributed by atoms with van der Waals surface area (Å²) in [6.45, 7) is 4.70. The van der Waals surface area contributed by atoms with Gasteiger partial charge in [0.1, 0.15) is 6.61 Å². The van der Waals surface area contributed by atoms with E-state index in [2.05, 4.69) is 11.6 Å². The van der Waals surface area contributed by atoms with Crippen molar-refractivity contribution in [2.24, 2.45) is 0 Å². The van der Waals surface area contributed by atoms with Gasteiger partial charge in [0.05, 0.1) is 12.3 Å². The molecule has 126 valence electrons. The number of hydrogen-bond acceptors (Lipinski definition) is 4. The highest BCUT2D eigenvalue weighted by Crippen LogP contribution is 2.31. The molecule has 4 nitrogen and oxygen atoms in total. The molecule has 0 saturated heterocycles. The number of thiazole rings is 1. The van der Waals surface area contributed by atoms with E-state index < -0.39 is 0 Å². The van der Waals surface area contributed by atoms with Crippen LogP contribution in [0.25, 0.3) is 0 Å². The third-order valence-electron chi connectivity index (χ3n) is 4.02. The molecule has 1 aliphatic carbocycles. The summed E-state index contributed by atoms with van der Waals surface area (Å²) in [6, 6.07) is 9.86. The molecule has 1 aromatic carbocycles. The van der Waals surface area contributed by atoms with Gasteiger partial charge < -0.3 is 4.74 Å². The van der Waals surface area contributed by atoms with Crippen molar-refractivity contribution in [3.8, 4) is 0 Å². The van der Waals surface area contributed by atoms with Gasteiger partial charge in [-0.25, -0.2) is 4.98 Å². The van der Waals surface area contributed by atoms with E-state index in [0.29, 0.717) is 13.2 Å². The Kier molecular flexibility index (Phi) is 5.77. The number of anilines is 1. The summed E-state index contributed by atoms with van der Waals surface area (Å²) in [6.07, 6.45) is 6.23. The van der Waals surface area contributed by atoms with Gasteiger partial charge in [0.25, 0.3) is 5.91 Å². The summed E-state index contributed by atoms with van der Waals surface area (Å²) in [4.78, 5) is 20.2. The molecule has 0 unspecified atom stereocenters. The van der Waals surface area contributed by atoms with Crippen molar-refractivity contribution >= 4 is 22.4 Å². The van der Waals surface area contributed by atoms with Crippen LogP contribution >= 0.6 is 11.3 Å². The first kappa shape index (κ1) is 16.9. The van der Waals surface area contributed by atoms with Crippen LogP contribution in [0.5, 0.6) is 0 Å². The molecule has 0 atom stereocenters. The van der Waals surface area contributed by atoms with Crippen molar-refractivity contribution < 1.29 is 9.53 Å². The van der Waals surface area contributed by atoms with E-state index in [1.54, 1.807) is 22.3 Å². The summed E-state index contributed by atoms with van der Waals surface area (Å²) in [5, 5.41) is 0.773. The largest absolute Gasteiger partial charge is 0.367 e. The molecule has 0 spiro atoms. The van der Waals surface area contributed by atoms with E-state index in [4.69, 9.17) is 4.74 Å². The smallest absolute Gasteiger partial charge is 0.255 e. The predicted octanol–water partition coefficient (Wildman–Crippen LogP) is 3.76. The maximum atomic E-state index is 12.6. The Morgan fingerprint density at radius 1 is 1.29 bits per heavy atom. The number of aryl methyl sites for hydroxylation is 2. The molecule has 3 rings (SSSR count). The molecule has 1 heterocycles. The second kappa shape index (κ2) is 8.22. The second-order valence-corrected chi connectivity index (χ2v) is 6.91. The van der Waals surface area contributed by atoms with Crippen LogP contribution in [0.1, 0.15) is 29.0 Å². The summed E-state index contributed by atoms with van der Waals surface area (Å²) in [5.74, 6) is -0.0723. The molecule has 1 aromatic heterocycles. The van der Waals surface area contributed by atoms with E-state index in [-0.39, 0.29) is 12.5 Å². The Morgan fingerprint density at radius 3 is 2.83 bits per heavy atom. The Hall–Kier alpha value is -1.98. The minimum atomic E-state index is -0.0723. The van der Waals surface area contributed by atoms with E-state index in [1.807, 2.05) is 30.3 Å². The van der Waals surface area contributed by atoms with E-state index in [1.165, 1.54) is 17.7 Å². The molecular formula is C19H22N2O2S. The quantitative estimate of drug-likeness (QED) is 0.720. The minimum absolute atomic E-state index is 0.0486. The van der Waals surface area contributed by atoms with Crippen LogP contribution in [0, 0.1) is 0 Å². The van der Waals surface area contributed by atoms with Gasteiger partial charge in [-0.15, -0.1) is 17.9 Å². The molecule has 0 radical (unpaired) electrons. The maximum Gasteiger partial charge on any atom is 0.255 e. The fourth-order valence-corrected chi connectivity index (χ4v) is 3.95. The fourth-order valence-electron chi connectivity index (χ4n) is 2.78.